The SMILES string of the molecule is C=C1Nc2cc(C(=O)NCC(=O)N3CCC(N(C=O)CCc4cc(OC)ccc4NC)CC3)cc(C)c2N1.CC(C)C1CC1. The summed E-state index contributed by atoms with van der Waals surface area (Å²) in [4.78, 5) is 41.0. The number of hydrogen-bond acceptors (Lipinski definition) is 7. The summed E-state index contributed by atoms with van der Waals surface area (Å²) < 4.78 is 5.34. The normalized spacial score (nSPS) is 15.8. The van der Waals surface area contributed by atoms with Crippen LogP contribution in [-0.2, 0) is 16.0 Å². The highest BCUT2D eigenvalue weighted by molar-refractivity contribution is 5.99. The highest BCUT2D eigenvalue weighted by Gasteiger charge is 2.27. The van der Waals surface area contributed by atoms with E-state index in [1.165, 1.54) is 12.8 Å². The molecule has 1 aliphatic carbocycles. The molecular weight excluding hydrogens is 556 g/mol. The standard InChI is InChI=1S/C28H36N6O4.C6H12/c1-18-13-21(15-25-27(18)32-19(2)31-25)28(37)30-16-26(36)33-11-8-22(9-12-33)34(17-35)10-7-20-14-23(38-4)5-6-24(20)29-3;1-5(2)6-3-4-6/h5-6,13-15,17,22,29,31-32H,2,7-12,16H2,1,3-4H3,(H,30,37);5-6H,3-4H2,1-2H3. The molecule has 2 aliphatic heterocycles. The van der Waals surface area contributed by atoms with E-state index in [0.717, 1.165) is 52.2 Å². The second-order valence-corrected chi connectivity index (χ2v) is 12.2. The van der Waals surface area contributed by atoms with Crippen LogP contribution in [0, 0.1) is 18.8 Å². The molecule has 3 aliphatic rings. The second-order valence-electron chi connectivity index (χ2n) is 12.2. The Bertz CT molecular complexity index is 1350. The van der Waals surface area contributed by atoms with Crippen molar-refractivity contribution < 1.29 is 19.1 Å². The molecule has 0 radical (unpaired) electrons. The maximum Gasteiger partial charge on any atom is 0.251 e. The Morgan fingerprint density at radius 3 is 2.45 bits per heavy atom. The van der Waals surface area contributed by atoms with Crippen molar-refractivity contribution in [3.05, 3.63) is 59.4 Å². The summed E-state index contributed by atoms with van der Waals surface area (Å²) in [7, 11) is 3.51. The number of hydrogen-bond donors (Lipinski definition) is 4. The van der Waals surface area contributed by atoms with Crippen molar-refractivity contribution >= 4 is 35.3 Å². The fourth-order valence-electron chi connectivity index (χ4n) is 5.83. The number of methoxy groups -OCH3 is 1. The van der Waals surface area contributed by atoms with E-state index in [2.05, 4.69) is 41.7 Å². The molecule has 2 heterocycles. The average molecular weight is 605 g/mol. The Labute approximate surface area is 261 Å². The zero-order chi connectivity index (χ0) is 31.8. The number of likely N-dealkylation sites (tertiary alicyclic amines) is 1. The van der Waals surface area contributed by atoms with E-state index in [1.54, 1.807) is 24.1 Å². The monoisotopic (exact) mass is 604 g/mol. The van der Waals surface area contributed by atoms with Gasteiger partial charge in [-0.15, -0.1) is 0 Å². The summed E-state index contributed by atoms with van der Waals surface area (Å²) in [6.45, 7) is 12.0. The lowest BCUT2D eigenvalue weighted by atomic mass is 10.0. The van der Waals surface area contributed by atoms with Gasteiger partial charge in [-0.3, -0.25) is 14.4 Å². The Hall–Kier alpha value is -4.21. The summed E-state index contributed by atoms with van der Waals surface area (Å²) in [5.74, 6) is 3.08. The molecule has 5 rings (SSSR count). The molecule has 238 valence electrons. The summed E-state index contributed by atoms with van der Waals surface area (Å²) in [6, 6.07) is 9.46. The number of amides is 3. The minimum absolute atomic E-state index is 0.0695. The largest absolute Gasteiger partial charge is 0.497 e. The quantitative estimate of drug-likeness (QED) is 0.272. The lowest BCUT2D eigenvalue weighted by Gasteiger charge is -2.37. The molecule has 0 unspecified atom stereocenters. The third-order valence-corrected chi connectivity index (χ3v) is 8.77. The molecule has 2 aromatic carbocycles. The predicted octanol–water partition coefficient (Wildman–Crippen LogP) is 4.83. The fraction of sp³-hybridized carbons (Fsp3) is 0.500. The van der Waals surface area contributed by atoms with Crippen molar-refractivity contribution in [1.82, 2.24) is 15.1 Å². The van der Waals surface area contributed by atoms with Crippen LogP contribution in [0.4, 0.5) is 17.1 Å². The van der Waals surface area contributed by atoms with E-state index in [9.17, 15) is 14.4 Å². The van der Waals surface area contributed by atoms with Gasteiger partial charge in [0.1, 0.15) is 11.6 Å². The van der Waals surface area contributed by atoms with Crippen LogP contribution in [0.1, 0.15) is 61.0 Å². The molecule has 2 fully saturated rings. The van der Waals surface area contributed by atoms with Gasteiger partial charge in [-0.1, -0.05) is 20.4 Å². The highest BCUT2D eigenvalue weighted by atomic mass is 16.5. The number of anilines is 3. The van der Waals surface area contributed by atoms with Crippen molar-refractivity contribution in [2.45, 2.75) is 58.9 Å². The number of nitrogens with zero attached hydrogens (tertiary/aromatic N) is 2. The van der Waals surface area contributed by atoms with Crippen LogP contribution < -0.4 is 26.0 Å². The van der Waals surface area contributed by atoms with E-state index in [-0.39, 0.29) is 24.4 Å². The van der Waals surface area contributed by atoms with Gasteiger partial charge < -0.3 is 35.8 Å². The van der Waals surface area contributed by atoms with E-state index < -0.39 is 0 Å². The van der Waals surface area contributed by atoms with Gasteiger partial charge in [0.2, 0.25) is 12.3 Å². The van der Waals surface area contributed by atoms with Gasteiger partial charge in [-0.2, -0.15) is 0 Å². The molecule has 0 bridgehead atoms. The first-order chi connectivity index (χ1) is 21.1. The van der Waals surface area contributed by atoms with Gasteiger partial charge in [0, 0.05) is 44.0 Å². The van der Waals surface area contributed by atoms with Gasteiger partial charge in [-0.05, 0) is 92.3 Å². The number of fused-ring (bicyclic) bond motifs is 1. The molecule has 1 saturated carbocycles. The molecule has 10 heteroatoms. The van der Waals surface area contributed by atoms with Gasteiger partial charge in [0.15, 0.2) is 0 Å². The van der Waals surface area contributed by atoms with Crippen LogP contribution in [-0.4, -0.2) is 74.4 Å². The summed E-state index contributed by atoms with van der Waals surface area (Å²) >= 11 is 0. The number of ether oxygens (including phenoxy) is 1. The fourth-order valence-corrected chi connectivity index (χ4v) is 5.83. The molecule has 3 amide bonds. The lowest BCUT2D eigenvalue weighted by Crippen LogP contribution is -2.49. The van der Waals surface area contributed by atoms with Crippen LogP contribution in [0.3, 0.4) is 0 Å². The lowest BCUT2D eigenvalue weighted by molar-refractivity contribution is -0.132. The third-order valence-electron chi connectivity index (χ3n) is 8.77. The smallest absolute Gasteiger partial charge is 0.251 e. The molecule has 1 saturated heterocycles. The minimum atomic E-state index is -0.302. The van der Waals surface area contributed by atoms with E-state index in [4.69, 9.17) is 4.74 Å². The van der Waals surface area contributed by atoms with E-state index in [1.807, 2.05) is 37.1 Å². The van der Waals surface area contributed by atoms with Crippen molar-refractivity contribution in [2.75, 3.05) is 56.3 Å². The van der Waals surface area contributed by atoms with Gasteiger partial charge in [0.05, 0.1) is 25.0 Å². The molecule has 0 aromatic heterocycles. The Morgan fingerprint density at radius 1 is 1.14 bits per heavy atom. The highest BCUT2D eigenvalue weighted by Crippen LogP contribution is 2.36. The number of benzene rings is 2. The topological polar surface area (TPSA) is 115 Å². The van der Waals surface area contributed by atoms with Crippen LogP contribution in [0.5, 0.6) is 5.75 Å². The molecule has 2 aromatic rings. The average Bonchev–Trinajstić information content (AvgIpc) is 3.82. The summed E-state index contributed by atoms with van der Waals surface area (Å²) in [5.41, 5.74) is 5.18. The Morgan fingerprint density at radius 2 is 1.86 bits per heavy atom. The zero-order valence-corrected chi connectivity index (χ0v) is 26.8. The van der Waals surface area contributed by atoms with Crippen LogP contribution in [0.25, 0.3) is 0 Å². The third kappa shape index (κ3) is 8.45. The van der Waals surface area contributed by atoms with Crippen LogP contribution in [0.15, 0.2) is 42.7 Å². The molecule has 44 heavy (non-hydrogen) atoms. The minimum Gasteiger partial charge on any atom is -0.497 e. The molecule has 4 N–H and O–H groups in total. The van der Waals surface area contributed by atoms with E-state index in [0.29, 0.717) is 50.3 Å². The van der Waals surface area contributed by atoms with Gasteiger partial charge in [-0.25, -0.2) is 0 Å². The molecule has 0 atom stereocenters. The van der Waals surface area contributed by atoms with Crippen LogP contribution >= 0.6 is 0 Å². The Balaban J connectivity index is 0.000000657. The maximum absolute atomic E-state index is 12.8. The molecular formula is C34H48N6O4. The van der Waals surface area contributed by atoms with Crippen molar-refractivity contribution in [3.63, 3.8) is 0 Å². The first-order valence-corrected chi connectivity index (χ1v) is 15.6. The predicted molar refractivity (Wildman–Crippen MR) is 176 cm³/mol. The van der Waals surface area contributed by atoms with Crippen molar-refractivity contribution in [3.8, 4) is 5.75 Å². The number of aryl methyl sites for hydroxylation is 1. The van der Waals surface area contributed by atoms with Gasteiger partial charge in [0.25, 0.3) is 5.91 Å². The molecule has 10 nitrogen and oxygen atoms in total. The summed E-state index contributed by atoms with van der Waals surface area (Å²) in [6.07, 6.45) is 5.98. The Kier molecular flexibility index (Phi) is 11.1. The van der Waals surface area contributed by atoms with Crippen molar-refractivity contribution in [1.29, 1.82) is 0 Å². The number of carbonyl (C=O) groups excluding carboxylic acids is 3. The maximum atomic E-state index is 12.8. The number of piperidine rings is 1. The second kappa shape index (κ2) is 15.0. The van der Waals surface area contributed by atoms with E-state index >= 15 is 0 Å². The number of rotatable bonds is 11. The zero-order valence-electron chi connectivity index (χ0n) is 26.8. The number of carbonyl (C=O) groups is 3. The first-order valence-electron chi connectivity index (χ1n) is 15.6. The van der Waals surface area contributed by atoms with Crippen molar-refractivity contribution in [2.24, 2.45) is 11.8 Å². The first kappa shape index (κ1) is 32.7. The van der Waals surface area contributed by atoms with Gasteiger partial charge >= 0.3 is 0 Å². The summed E-state index contributed by atoms with van der Waals surface area (Å²) in [5, 5.41) is 12.2. The number of nitrogens with one attached hydrogen (secondary N) is 4. The molecule has 0 spiro atoms. The van der Waals surface area contributed by atoms with Crippen LogP contribution in [0.2, 0.25) is 0 Å².